The van der Waals surface area contributed by atoms with E-state index >= 15 is 0 Å². The number of benzene rings is 1. The van der Waals surface area contributed by atoms with Crippen LogP contribution in [0.2, 0.25) is 0 Å². The number of hydrogen-bond acceptors (Lipinski definition) is 3. The molecule has 0 unspecified atom stereocenters. The molecule has 0 aliphatic heterocycles. The largest absolute Gasteiger partial charge is 0.389 e. The van der Waals surface area contributed by atoms with Crippen LogP contribution in [0.25, 0.3) is 5.52 Å². The Labute approximate surface area is 124 Å². The van der Waals surface area contributed by atoms with E-state index in [4.69, 9.17) is 18.0 Å². The molecule has 2 aromatic heterocycles. The maximum absolute atomic E-state index is 13.6. The van der Waals surface area contributed by atoms with Gasteiger partial charge in [-0.1, -0.05) is 12.2 Å². The first kappa shape index (κ1) is 13.4. The average molecular weight is 302 g/mol. The van der Waals surface area contributed by atoms with Crippen molar-refractivity contribution in [3.05, 3.63) is 70.2 Å². The summed E-state index contributed by atoms with van der Waals surface area (Å²) < 4.78 is 16.6. The third-order valence-electron chi connectivity index (χ3n) is 3.13. The van der Waals surface area contributed by atoms with Crippen molar-refractivity contribution in [2.45, 2.75) is 6.54 Å². The van der Waals surface area contributed by atoms with Crippen LogP contribution >= 0.6 is 12.2 Å². The molecule has 1 aromatic carbocycles. The highest BCUT2D eigenvalue weighted by Gasteiger charge is 2.07. The fraction of sp³-hybridized carbons (Fsp3) is 0.0714. The summed E-state index contributed by atoms with van der Waals surface area (Å²) in [7, 11) is 0. The van der Waals surface area contributed by atoms with Crippen molar-refractivity contribution < 1.29 is 4.39 Å². The molecule has 7 heteroatoms. The summed E-state index contributed by atoms with van der Waals surface area (Å²) >= 11 is 4.85. The molecular weight excluding hydrogens is 291 g/mol. The summed E-state index contributed by atoms with van der Waals surface area (Å²) in [5.41, 5.74) is 6.84. The second-order valence-corrected chi connectivity index (χ2v) is 5.04. The molecule has 2 heterocycles. The Morgan fingerprint density at radius 1 is 1.33 bits per heavy atom. The first-order valence-corrected chi connectivity index (χ1v) is 6.57. The highest BCUT2D eigenvalue weighted by molar-refractivity contribution is 7.80. The fourth-order valence-corrected chi connectivity index (χ4v) is 2.28. The Kier molecular flexibility index (Phi) is 3.26. The number of thiocarbonyl (C=S) groups is 1. The molecular formula is C14H11FN4OS. The van der Waals surface area contributed by atoms with Crippen LogP contribution in [0.5, 0.6) is 0 Å². The lowest BCUT2D eigenvalue weighted by Gasteiger charge is -2.08. The lowest BCUT2D eigenvalue weighted by molar-refractivity contribution is 0.622. The van der Waals surface area contributed by atoms with E-state index in [-0.39, 0.29) is 17.1 Å². The average Bonchev–Trinajstić information content (AvgIpc) is 2.90. The van der Waals surface area contributed by atoms with Gasteiger partial charge in [0.2, 0.25) is 0 Å². The predicted molar refractivity (Wildman–Crippen MR) is 80.8 cm³/mol. The normalized spacial score (nSPS) is 10.9. The summed E-state index contributed by atoms with van der Waals surface area (Å²) in [6.07, 6.45) is 4.83. The Hall–Kier alpha value is -2.54. The van der Waals surface area contributed by atoms with Crippen LogP contribution in [-0.2, 0) is 6.54 Å². The van der Waals surface area contributed by atoms with Gasteiger partial charge >= 0.3 is 0 Å². The fourth-order valence-electron chi connectivity index (χ4n) is 2.17. The van der Waals surface area contributed by atoms with Gasteiger partial charge in [-0.15, -0.1) is 0 Å². The SMILES string of the molecule is NC(=S)c1cc(F)cc(Cn2ccn3nccc3c2=O)c1. The molecule has 21 heavy (non-hydrogen) atoms. The first-order valence-electron chi connectivity index (χ1n) is 6.16. The highest BCUT2D eigenvalue weighted by atomic mass is 32.1. The van der Waals surface area contributed by atoms with Crippen molar-refractivity contribution in [1.82, 2.24) is 14.2 Å². The molecule has 0 spiro atoms. The Morgan fingerprint density at radius 3 is 2.90 bits per heavy atom. The number of nitrogens with zero attached hydrogens (tertiary/aromatic N) is 3. The molecule has 106 valence electrons. The third-order valence-corrected chi connectivity index (χ3v) is 3.37. The molecule has 5 nitrogen and oxygen atoms in total. The molecule has 3 rings (SSSR count). The number of aromatic nitrogens is 3. The quantitative estimate of drug-likeness (QED) is 0.741. The highest BCUT2D eigenvalue weighted by Crippen LogP contribution is 2.10. The number of hydrogen-bond donors (Lipinski definition) is 1. The number of fused-ring (bicyclic) bond motifs is 1. The van der Waals surface area contributed by atoms with Crippen molar-refractivity contribution in [1.29, 1.82) is 0 Å². The molecule has 3 aromatic rings. The van der Waals surface area contributed by atoms with E-state index in [9.17, 15) is 9.18 Å². The zero-order valence-electron chi connectivity index (χ0n) is 10.9. The van der Waals surface area contributed by atoms with E-state index in [2.05, 4.69) is 5.10 Å². The van der Waals surface area contributed by atoms with E-state index in [0.717, 1.165) is 0 Å². The van der Waals surface area contributed by atoms with Gasteiger partial charge in [0.1, 0.15) is 16.3 Å². The maximum Gasteiger partial charge on any atom is 0.276 e. The van der Waals surface area contributed by atoms with Crippen LogP contribution in [0.3, 0.4) is 0 Å². The van der Waals surface area contributed by atoms with E-state index in [0.29, 0.717) is 16.6 Å². The van der Waals surface area contributed by atoms with Crippen LogP contribution in [0, 0.1) is 5.82 Å². The number of nitrogens with two attached hydrogens (primary N) is 1. The van der Waals surface area contributed by atoms with E-state index in [1.54, 1.807) is 30.7 Å². The predicted octanol–water partition coefficient (Wildman–Crippen LogP) is 1.32. The minimum atomic E-state index is -0.436. The standard InChI is InChI=1S/C14H11FN4OS/c15-11-6-9(5-10(7-11)13(16)21)8-18-3-4-19-12(14(18)20)1-2-17-19/h1-7H,8H2,(H2,16,21). The molecule has 0 atom stereocenters. The smallest absolute Gasteiger partial charge is 0.276 e. The Bertz CT molecular complexity index is 899. The van der Waals surface area contributed by atoms with E-state index in [1.807, 2.05) is 0 Å². The summed E-state index contributed by atoms with van der Waals surface area (Å²) in [6, 6.07) is 5.94. The zero-order chi connectivity index (χ0) is 15.0. The Morgan fingerprint density at radius 2 is 2.14 bits per heavy atom. The molecule has 0 radical (unpaired) electrons. The van der Waals surface area contributed by atoms with Gasteiger partial charge in [-0.25, -0.2) is 8.91 Å². The number of rotatable bonds is 3. The minimum Gasteiger partial charge on any atom is -0.389 e. The van der Waals surface area contributed by atoms with Crippen LogP contribution in [0.1, 0.15) is 11.1 Å². The van der Waals surface area contributed by atoms with Crippen molar-refractivity contribution >= 4 is 22.7 Å². The molecule has 2 N–H and O–H groups in total. The molecule has 0 saturated carbocycles. The summed E-state index contributed by atoms with van der Waals surface area (Å²) in [4.78, 5) is 12.4. The van der Waals surface area contributed by atoms with Crippen molar-refractivity contribution in [2.75, 3.05) is 0 Å². The molecule has 0 saturated heterocycles. The minimum absolute atomic E-state index is 0.120. The van der Waals surface area contributed by atoms with Gasteiger partial charge in [0.15, 0.2) is 0 Å². The van der Waals surface area contributed by atoms with Crippen LogP contribution in [-0.4, -0.2) is 19.2 Å². The van der Waals surface area contributed by atoms with Gasteiger partial charge in [-0.05, 0) is 29.8 Å². The van der Waals surface area contributed by atoms with Gasteiger partial charge in [0.05, 0.1) is 12.7 Å². The lowest BCUT2D eigenvalue weighted by Crippen LogP contribution is -2.22. The monoisotopic (exact) mass is 302 g/mol. The van der Waals surface area contributed by atoms with Crippen molar-refractivity contribution in [2.24, 2.45) is 5.73 Å². The summed E-state index contributed by atoms with van der Waals surface area (Å²) in [5, 5.41) is 3.99. The lowest BCUT2D eigenvalue weighted by atomic mass is 10.1. The first-order chi connectivity index (χ1) is 10.0. The molecule has 0 amide bonds. The van der Waals surface area contributed by atoms with Gasteiger partial charge in [0.25, 0.3) is 5.56 Å². The van der Waals surface area contributed by atoms with Crippen LogP contribution in [0.4, 0.5) is 4.39 Å². The number of halogens is 1. The molecule has 0 aliphatic carbocycles. The van der Waals surface area contributed by atoms with Gasteiger partial charge in [-0.2, -0.15) is 5.10 Å². The third kappa shape index (κ3) is 2.55. The second kappa shape index (κ2) is 5.10. The van der Waals surface area contributed by atoms with Crippen molar-refractivity contribution in [3.8, 4) is 0 Å². The summed E-state index contributed by atoms with van der Waals surface area (Å²) in [5.74, 6) is -0.436. The van der Waals surface area contributed by atoms with Gasteiger partial charge in [-0.3, -0.25) is 4.79 Å². The van der Waals surface area contributed by atoms with Gasteiger partial charge in [0, 0.05) is 18.0 Å². The second-order valence-electron chi connectivity index (χ2n) is 4.60. The topological polar surface area (TPSA) is 65.3 Å². The molecule has 0 bridgehead atoms. The van der Waals surface area contributed by atoms with Crippen LogP contribution < -0.4 is 11.3 Å². The zero-order valence-corrected chi connectivity index (χ0v) is 11.7. The van der Waals surface area contributed by atoms with Crippen LogP contribution in [0.15, 0.2) is 47.7 Å². The van der Waals surface area contributed by atoms with E-state index in [1.165, 1.54) is 21.2 Å². The Balaban J connectivity index is 2.04. The molecule has 0 fully saturated rings. The molecule has 0 aliphatic rings. The maximum atomic E-state index is 13.6. The van der Waals surface area contributed by atoms with Gasteiger partial charge < -0.3 is 10.3 Å². The van der Waals surface area contributed by atoms with E-state index < -0.39 is 5.82 Å². The van der Waals surface area contributed by atoms with Crippen molar-refractivity contribution in [3.63, 3.8) is 0 Å². The summed E-state index contributed by atoms with van der Waals surface area (Å²) in [6.45, 7) is 0.230.